The minimum absolute atomic E-state index is 0.0203. The van der Waals surface area contributed by atoms with Gasteiger partial charge in [0.15, 0.2) is 0 Å². The second kappa shape index (κ2) is 9.01. The van der Waals surface area contributed by atoms with Gasteiger partial charge in [-0.15, -0.1) is 0 Å². The van der Waals surface area contributed by atoms with Crippen LogP contribution in [0.25, 0.3) is 0 Å². The Kier molecular flexibility index (Phi) is 6.35. The summed E-state index contributed by atoms with van der Waals surface area (Å²) in [5.41, 5.74) is 3.50. The Hall–Kier alpha value is -2.37. The minimum atomic E-state index is -0.662. The molecule has 4 rings (SSSR count). The fourth-order valence-corrected chi connectivity index (χ4v) is 5.57. The van der Waals surface area contributed by atoms with Gasteiger partial charge in [-0.3, -0.25) is 9.69 Å². The molecule has 1 aliphatic heterocycles. The SMILES string of the molecule is COc1ccccc1C1C2CCCCC2(O)CCN1CC(=O)Nc1ccc(C)cc1C. The van der Waals surface area contributed by atoms with Crippen molar-refractivity contribution in [3.63, 3.8) is 0 Å². The minimum Gasteiger partial charge on any atom is -0.496 e. The Bertz CT molecular complexity index is 944. The molecule has 1 amide bonds. The second-order valence-electron chi connectivity index (χ2n) is 9.23. The van der Waals surface area contributed by atoms with Crippen LogP contribution in [0, 0.1) is 19.8 Å². The monoisotopic (exact) mass is 422 g/mol. The highest BCUT2D eigenvalue weighted by molar-refractivity contribution is 5.93. The number of nitrogens with one attached hydrogen (secondary N) is 1. The van der Waals surface area contributed by atoms with Crippen molar-refractivity contribution >= 4 is 11.6 Å². The molecule has 31 heavy (non-hydrogen) atoms. The summed E-state index contributed by atoms with van der Waals surface area (Å²) in [5.74, 6) is 0.899. The van der Waals surface area contributed by atoms with Crippen molar-refractivity contribution in [2.24, 2.45) is 5.92 Å². The lowest BCUT2D eigenvalue weighted by molar-refractivity contribution is -0.135. The van der Waals surface area contributed by atoms with Gasteiger partial charge in [0.25, 0.3) is 0 Å². The summed E-state index contributed by atoms with van der Waals surface area (Å²) in [6.07, 6.45) is 4.69. The summed E-state index contributed by atoms with van der Waals surface area (Å²) in [4.78, 5) is 15.3. The first-order valence-corrected chi connectivity index (χ1v) is 11.4. The summed E-state index contributed by atoms with van der Waals surface area (Å²) in [7, 11) is 1.69. The van der Waals surface area contributed by atoms with Gasteiger partial charge >= 0.3 is 0 Å². The summed E-state index contributed by atoms with van der Waals surface area (Å²) in [5, 5.41) is 14.6. The van der Waals surface area contributed by atoms with E-state index in [1.165, 1.54) is 5.56 Å². The van der Waals surface area contributed by atoms with Crippen LogP contribution in [0.4, 0.5) is 5.69 Å². The Morgan fingerprint density at radius 2 is 2.00 bits per heavy atom. The van der Waals surface area contributed by atoms with Crippen LogP contribution in [-0.4, -0.2) is 41.7 Å². The average molecular weight is 423 g/mol. The van der Waals surface area contributed by atoms with Crippen molar-refractivity contribution in [2.45, 2.75) is 57.6 Å². The smallest absolute Gasteiger partial charge is 0.238 e. The molecule has 1 heterocycles. The van der Waals surface area contributed by atoms with Gasteiger partial charge < -0.3 is 15.2 Å². The molecule has 3 atom stereocenters. The predicted molar refractivity (Wildman–Crippen MR) is 123 cm³/mol. The molecule has 2 aromatic rings. The number of para-hydroxylation sites is 1. The maximum Gasteiger partial charge on any atom is 0.238 e. The highest BCUT2D eigenvalue weighted by Gasteiger charge is 2.49. The first-order valence-electron chi connectivity index (χ1n) is 11.4. The molecule has 2 aliphatic rings. The number of carbonyl (C=O) groups excluding carboxylic acids is 1. The number of nitrogens with zero attached hydrogens (tertiary/aromatic N) is 1. The van der Waals surface area contributed by atoms with Crippen LogP contribution in [0.5, 0.6) is 5.75 Å². The number of hydrogen-bond donors (Lipinski definition) is 2. The van der Waals surface area contributed by atoms with Gasteiger partial charge in [-0.1, -0.05) is 48.7 Å². The van der Waals surface area contributed by atoms with Crippen LogP contribution >= 0.6 is 0 Å². The lowest BCUT2D eigenvalue weighted by Gasteiger charge is -2.52. The number of methoxy groups -OCH3 is 1. The van der Waals surface area contributed by atoms with Gasteiger partial charge in [0.2, 0.25) is 5.91 Å². The van der Waals surface area contributed by atoms with E-state index in [0.29, 0.717) is 19.5 Å². The molecule has 2 N–H and O–H groups in total. The molecule has 0 aromatic heterocycles. The van der Waals surface area contributed by atoms with Gasteiger partial charge in [0, 0.05) is 29.8 Å². The highest BCUT2D eigenvalue weighted by Crippen LogP contribution is 2.50. The zero-order chi connectivity index (χ0) is 22.0. The molecule has 0 spiro atoms. The summed E-state index contributed by atoms with van der Waals surface area (Å²) in [6.45, 7) is 5.05. The van der Waals surface area contributed by atoms with E-state index < -0.39 is 5.60 Å². The van der Waals surface area contributed by atoms with E-state index in [9.17, 15) is 9.90 Å². The number of anilines is 1. The van der Waals surface area contributed by atoms with Crippen molar-refractivity contribution in [2.75, 3.05) is 25.5 Å². The fraction of sp³-hybridized carbons (Fsp3) is 0.500. The number of rotatable bonds is 5. The van der Waals surface area contributed by atoms with E-state index in [1.807, 2.05) is 37.3 Å². The molecular formula is C26H34N2O3. The van der Waals surface area contributed by atoms with E-state index in [4.69, 9.17) is 4.74 Å². The zero-order valence-corrected chi connectivity index (χ0v) is 18.9. The third-order valence-electron chi connectivity index (χ3n) is 7.13. The quantitative estimate of drug-likeness (QED) is 0.738. The Morgan fingerprint density at radius 3 is 2.77 bits per heavy atom. The first-order chi connectivity index (χ1) is 14.9. The van der Waals surface area contributed by atoms with Crippen LogP contribution in [0.15, 0.2) is 42.5 Å². The van der Waals surface area contributed by atoms with Crippen LogP contribution in [0.3, 0.4) is 0 Å². The second-order valence-corrected chi connectivity index (χ2v) is 9.23. The van der Waals surface area contributed by atoms with Gasteiger partial charge in [0.1, 0.15) is 5.75 Å². The lowest BCUT2D eigenvalue weighted by atomic mass is 9.66. The van der Waals surface area contributed by atoms with Gasteiger partial charge in [0.05, 0.1) is 19.3 Å². The van der Waals surface area contributed by atoms with Gasteiger partial charge in [-0.05, 0) is 50.8 Å². The summed E-state index contributed by atoms with van der Waals surface area (Å²) < 4.78 is 5.68. The average Bonchev–Trinajstić information content (AvgIpc) is 2.75. The number of piperidine rings is 1. The number of carbonyl (C=O) groups is 1. The van der Waals surface area contributed by atoms with Crippen LogP contribution in [0.1, 0.15) is 54.8 Å². The highest BCUT2D eigenvalue weighted by atomic mass is 16.5. The first kappa shape index (κ1) is 21.8. The third-order valence-corrected chi connectivity index (χ3v) is 7.13. The summed E-state index contributed by atoms with van der Waals surface area (Å²) >= 11 is 0. The molecule has 3 unspecified atom stereocenters. The number of fused-ring (bicyclic) bond motifs is 1. The van der Waals surface area contributed by atoms with Crippen molar-refractivity contribution in [1.82, 2.24) is 4.90 Å². The van der Waals surface area contributed by atoms with E-state index in [-0.39, 0.29) is 17.9 Å². The fourth-order valence-electron chi connectivity index (χ4n) is 5.57. The molecule has 5 nitrogen and oxygen atoms in total. The van der Waals surface area contributed by atoms with Crippen LogP contribution in [-0.2, 0) is 4.79 Å². The largest absolute Gasteiger partial charge is 0.496 e. The standard InChI is InChI=1S/C26H34N2O3/c1-18-11-12-22(19(2)16-18)27-24(29)17-28-15-14-26(30)13-7-6-9-21(26)25(28)20-8-4-5-10-23(20)31-3/h4-5,8,10-12,16,21,25,30H,6-7,9,13-15,17H2,1-3H3,(H,27,29). The molecule has 2 aromatic carbocycles. The Labute approximate surface area is 185 Å². The maximum atomic E-state index is 13.0. The normalized spacial score (nSPS) is 26.2. The van der Waals surface area contributed by atoms with Crippen LogP contribution in [0.2, 0.25) is 0 Å². The molecule has 1 saturated carbocycles. The zero-order valence-electron chi connectivity index (χ0n) is 18.9. The predicted octanol–water partition coefficient (Wildman–Crippen LogP) is 4.62. The van der Waals surface area contributed by atoms with Gasteiger partial charge in [-0.2, -0.15) is 0 Å². The molecule has 0 bridgehead atoms. The molecular weight excluding hydrogens is 388 g/mol. The Balaban J connectivity index is 1.61. The van der Waals surface area contributed by atoms with Gasteiger partial charge in [-0.25, -0.2) is 0 Å². The molecule has 1 saturated heterocycles. The van der Waals surface area contributed by atoms with Crippen molar-refractivity contribution in [3.05, 3.63) is 59.2 Å². The number of aliphatic hydroxyl groups is 1. The molecule has 1 aliphatic carbocycles. The topological polar surface area (TPSA) is 61.8 Å². The van der Waals surface area contributed by atoms with E-state index in [0.717, 1.165) is 48.2 Å². The van der Waals surface area contributed by atoms with E-state index >= 15 is 0 Å². The van der Waals surface area contributed by atoms with Crippen molar-refractivity contribution < 1.29 is 14.6 Å². The van der Waals surface area contributed by atoms with E-state index in [1.54, 1.807) is 7.11 Å². The number of likely N-dealkylation sites (tertiary alicyclic amines) is 1. The Morgan fingerprint density at radius 1 is 1.19 bits per heavy atom. The molecule has 0 radical (unpaired) electrons. The number of benzene rings is 2. The van der Waals surface area contributed by atoms with E-state index in [2.05, 4.69) is 29.3 Å². The third kappa shape index (κ3) is 4.48. The molecule has 2 fully saturated rings. The van der Waals surface area contributed by atoms with Crippen LogP contribution < -0.4 is 10.1 Å². The molecule has 5 heteroatoms. The maximum absolute atomic E-state index is 13.0. The number of amides is 1. The number of ether oxygens (including phenoxy) is 1. The summed E-state index contributed by atoms with van der Waals surface area (Å²) in [6, 6.07) is 14.1. The van der Waals surface area contributed by atoms with Crippen molar-refractivity contribution in [3.8, 4) is 5.75 Å². The van der Waals surface area contributed by atoms with Crippen molar-refractivity contribution in [1.29, 1.82) is 0 Å². The number of aryl methyl sites for hydroxylation is 2. The number of hydrogen-bond acceptors (Lipinski definition) is 4. The lowest BCUT2D eigenvalue weighted by Crippen LogP contribution is -2.56. The molecule has 166 valence electrons.